The zero-order valence-electron chi connectivity index (χ0n) is 10.9. The Morgan fingerprint density at radius 2 is 2.25 bits per heavy atom. The van der Waals surface area contributed by atoms with E-state index in [2.05, 4.69) is 5.10 Å². The summed E-state index contributed by atoms with van der Waals surface area (Å²) < 4.78 is 6.98. The van der Waals surface area contributed by atoms with Crippen LogP contribution >= 0.6 is 0 Å². The van der Waals surface area contributed by atoms with Crippen LogP contribution in [0.25, 0.3) is 5.69 Å². The number of hydrogen-bond acceptors (Lipinski definition) is 4. The van der Waals surface area contributed by atoms with Gasteiger partial charge in [0.25, 0.3) is 0 Å². The first kappa shape index (κ1) is 12.3. The number of nitrogens with two attached hydrogens (primary N) is 1. The Balaban J connectivity index is 1.98. The number of nitrogen functional groups attached to an aromatic ring is 1. The van der Waals surface area contributed by atoms with Crippen LogP contribution in [0.3, 0.4) is 0 Å². The maximum atomic E-state index is 10.9. The summed E-state index contributed by atoms with van der Waals surface area (Å²) >= 11 is 0. The Hall–Kier alpha value is -2.70. The summed E-state index contributed by atoms with van der Waals surface area (Å²) in [6.07, 6.45) is 0.881. The molecule has 20 heavy (non-hydrogen) atoms. The predicted octanol–water partition coefficient (Wildman–Crippen LogP) is 1.46. The molecule has 0 radical (unpaired) electrons. The molecule has 0 bridgehead atoms. The van der Waals surface area contributed by atoms with Gasteiger partial charge in [0, 0.05) is 11.8 Å². The first-order valence-corrected chi connectivity index (χ1v) is 6.08. The summed E-state index contributed by atoms with van der Waals surface area (Å²) in [5, 5.41) is 13.4. The molecule has 1 aromatic heterocycles. The van der Waals surface area contributed by atoms with Crippen molar-refractivity contribution in [2.24, 2.45) is 0 Å². The lowest BCUT2D eigenvalue weighted by molar-refractivity contribution is 0.144. The topological polar surface area (TPSA) is 93.6 Å². The minimum Gasteiger partial charge on any atom is -0.492 e. The van der Waals surface area contributed by atoms with E-state index in [-0.39, 0.29) is 0 Å². The number of amides is 1. The molecule has 0 aliphatic carbocycles. The number of benzene rings is 1. The van der Waals surface area contributed by atoms with Gasteiger partial charge in [-0.05, 0) is 12.1 Å². The lowest BCUT2D eigenvalue weighted by Crippen LogP contribution is -2.23. The Labute approximate surface area is 115 Å². The zero-order valence-corrected chi connectivity index (χ0v) is 10.9. The average Bonchev–Trinajstić information content (AvgIpc) is 2.96. The van der Waals surface area contributed by atoms with Crippen molar-refractivity contribution < 1.29 is 14.6 Å². The van der Waals surface area contributed by atoms with Gasteiger partial charge >= 0.3 is 6.09 Å². The lowest BCUT2D eigenvalue weighted by Gasteiger charge is -2.12. The highest BCUT2D eigenvalue weighted by Crippen LogP contribution is 2.31. The Morgan fingerprint density at radius 3 is 2.90 bits per heavy atom. The van der Waals surface area contributed by atoms with Gasteiger partial charge in [0.05, 0.1) is 31.6 Å². The molecule has 0 saturated heterocycles. The number of hydrogen-bond donors (Lipinski definition) is 2. The van der Waals surface area contributed by atoms with Gasteiger partial charge in [0.1, 0.15) is 5.69 Å². The highest BCUT2D eigenvalue weighted by molar-refractivity contribution is 5.66. The van der Waals surface area contributed by atoms with Crippen molar-refractivity contribution in [3.8, 4) is 11.4 Å². The van der Waals surface area contributed by atoms with Crippen LogP contribution in [0.1, 0.15) is 11.3 Å². The van der Waals surface area contributed by atoms with Gasteiger partial charge in [-0.2, -0.15) is 5.10 Å². The maximum Gasteiger partial charge on any atom is 0.407 e. The number of aromatic nitrogens is 2. The number of methoxy groups -OCH3 is 1. The van der Waals surface area contributed by atoms with Crippen molar-refractivity contribution in [2.75, 3.05) is 12.8 Å². The Kier molecular flexibility index (Phi) is 2.74. The molecule has 7 nitrogen and oxygen atoms in total. The van der Waals surface area contributed by atoms with Gasteiger partial charge in [0.2, 0.25) is 0 Å². The highest BCUT2D eigenvalue weighted by atomic mass is 16.5. The van der Waals surface area contributed by atoms with Crippen molar-refractivity contribution in [1.29, 1.82) is 0 Å². The molecule has 1 aromatic carbocycles. The van der Waals surface area contributed by atoms with Gasteiger partial charge in [-0.1, -0.05) is 6.07 Å². The SMILES string of the molecule is COc1c(N)cccc1-n1cc2c(n1)CN(C(=O)O)C2. The third kappa shape index (κ3) is 1.83. The van der Waals surface area contributed by atoms with Crippen molar-refractivity contribution >= 4 is 11.8 Å². The monoisotopic (exact) mass is 274 g/mol. The zero-order chi connectivity index (χ0) is 14.3. The maximum absolute atomic E-state index is 10.9. The van der Waals surface area contributed by atoms with E-state index in [0.717, 1.165) is 16.9 Å². The van der Waals surface area contributed by atoms with Crippen LogP contribution in [0.15, 0.2) is 24.4 Å². The second-order valence-corrected chi connectivity index (χ2v) is 4.58. The molecule has 3 N–H and O–H groups in total. The number of carbonyl (C=O) groups is 1. The highest BCUT2D eigenvalue weighted by Gasteiger charge is 2.26. The summed E-state index contributed by atoms with van der Waals surface area (Å²) in [4.78, 5) is 12.2. The summed E-state index contributed by atoms with van der Waals surface area (Å²) in [6, 6.07) is 5.43. The number of carboxylic acid groups (broad SMARTS) is 1. The van der Waals surface area contributed by atoms with Crippen LogP contribution in [0.2, 0.25) is 0 Å². The first-order valence-electron chi connectivity index (χ1n) is 6.08. The molecule has 2 heterocycles. The van der Waals surface area contributed by atoms with Gasteiger partial charge in [0.15, 0.2) is 5.75 Å². The summed E-state index contributed by atoms with van der Waals surface area (Å²) in [6.45, 7) is 0.664. The average molecular weight is 274 g/mol. The van der Waals surface area contributed by atoms with Crippen LogP contribution in [0.5, 0.6) is 5.75 Å². The van der Waals surface area contributed by atoms with Gasteiger partial charge < -0.3 is 15.6 Å². The normalized spacial score (nSPS) is 13.3. The number of anilines is 1. The molecule has 1 aliphatic rings. The number of rotatable bonds is 2. The third-order valence-electron chi connectivity index (χ3n) is 3.33. The van der Waals surface area contributed by atoms with Crippen LogP contribution in [-0.4, -0.2) is 33.0 Å². The smallest absolute Gasteiger partial charge is 0.407 e. The first-order chi connectivity index (χ1) is 9.60. The quantitative estimate of drug-likeness (QED) is 0.808. The molecule has 1 amide bonds. The molecule has 0 atom stereocenters. The van der Waals surface area contributed by atoms with Crippen molar-refractivity contribution in [2.45, 2.75) is 13.1 Å². The Bertz CT molecular complexity index is 657. The van der Waals surface area contributed by atoms with Crippen LogP contribution < -0.4 is 10.5 Å². The summed E-state index contributed by atoms with van der Waals surface area (Å²) in [5.41, 5.74) is 8.81. The van der Waals surface area contributed by atoms with E-state index in [0.29, 0.717) is 24.5 Å². The molecule has 0 spiro atoms. The van der Waals surface area contributed by atoms with Crippen LogP contribution in [0, 0.1) is 0 Å². The molecule has 3 rings (SSSR count). The fraction of sp³-hybridized carbons (Fsp3) is 0.231. The van der Waals surface area contributed by atoms with Gasteiger partial charge in [-0.3, -0.25) is 4.90 Å². The van der Waals surface area contributed by atoms with E-state index >= 15 is 0 Å². The third-order valence-corrected chi connectivity index (χ3v) is 3.33. The fourth-order valence-corrected chi connectivity index (χ4v) is 2.36. The minimum atomic E-state index is -0.934. The number of fused-ring (bicyclic) bond motifs is 1. The fourth-order valence-electron chi connectivity index (χ4n) is 2.36. The standard InChI is InChI=1S/C13H14N4O3/c1-20-12-9(14)3-2-4-11(12)17-6-8-5-16(13(18)19)7-10(8)15-17/h2-4,6H,5,7,14H2,1H3,(H,18,19). The molecular formula is C13H14N4O3. The van der Waals surface area contributed by atoms with Crippen molar-refractivity contribution in [3.63, 3.8) is 0 Å². The second-order valence-electron chi connectivity index (χ2n) is 4.58. The van der Waals surface area contributed by atoms with E-state index in [1.807, 2.05) is 18.3 Å². The van der Waals surface area contributed by atoms with E-state index in [1.165, 1.54) is 4.90 Å². The Morgan fingerprint density at radius 1 is 1.45 bits per heavy atom. The molecule has 0 unspecified atom stereocenters. The van der Waals surface area contributed by atoms with E-state index < -0.39 is 6.09 Å². The number of ether oxygens (including phenoxy) is 1. The number of para-hydroxylation sites is 1. The molecule has 0 fully saturated rings. The van der Waals surface area contributed by atoms with Gasteiger partial charge in [-0.25, -0.2) is 9.48 Å². The molecule has 2 aromatic rings. The largest absolute Gasteiger partial charge is 0.492 e. The van der Waals surface area contributed by atoms with Crippen molar-refractivity contribution in [3.05, 3.63) is 35.7 Å². The van der Waals surface area contributed by atoms with Gasteiger partial charge in [-0.15, -0.1) is 0 Å². The van der Waals surface area contributed by atoms with E-state index in [1.54, 1.807) is 17.9 Å². The molecule has 1 aliphatic heterocycles. The molecule has 7 heteroatoms. The van der Waals surface area contributed by atoms with Crippen molar-refractivity contribution in [1.82, 2.24) is 14.7 Å². The number of nitrogens with zero attached hydrogens (tertiary/aromatic N) is 3. The molecule has 104 valence electrons. The lowest BCUT2D eigenvalue weighted by atomic mass is 10.2. The van der Waals surface area contributed by atoms with E-state index in [4.69, 9.17) is 15.6 Å². The predicted molar refractivity (Wildman–Crippen MR) is 71.8 cm³/mol. The molecule has 0 saturated carbocycles. The molecular weight excluding hydrogens is 260 g/mol. The summed E-state index contributed by atoms with van der Waals surface area (Å²) in [5.74, 6) is 0.559. The van der Waals surface area contributed by atoms with Crippen LogP contribution in [0.4, 0.5) is 10.5 Å². The summed E-state index contributed by atoms with van der Waals surface area (Å²) in [7, 11) is 1.55. The second kappa shape index (κ2) is 4.44. The van der Waals surface area contributed by atoms with Crippen LogP contribution in [-0.2, 0) is 13.1 Å². The minimum absolute atomic E-state index is 0.308. The van der Waals surface area contributed by atoms with E-state index in [9.17, 15) is 4.79 Å².